The number of hydrogen-bond acceptors (Lipinski definition) is 2. The van der Waals surface area contributed by atoms with Crippen molar-refractivity contribution in [2.24, 2.45) is 0 Å². The molecule has 1 aromatic carbocycles. The van der Waals surface area contributed by atoms with Crippen molar-refractivity contribution >= 4 is 15.9 Å². The zero-order chi connectivity index (χ0) is 11.3. The van der Waals surface area contributed by atoms with Gasteiger partial charge in [-0.05, 0) is 18.2 Å². The smallest absolute Gasteiger partial charge is 0.264 e. The van der Waals surface area contributed by atoms with Crippen LogP contribution in [0.3, 0.4) is 0 Å². The third-order valence-corrected chi connectivity index (χ3v) is 2.16. The first kappa shape index (κ1) is 12.4. The van der Waals surface area contributed by atoms with Gasteiger partial charge in [-0.2, -0.15) is 0 Å². The van der Waals surface area contributed by atoms with Gasteiger partial charge in [0.2, 0.25) is 0 Å². The number of alkyl halides is 2. The summed E-state index contributed by atoms with van der Waals surface area (Å²) in [4.78, 5) is 0. The fourth-order valence-corrected chi connectivity index (χ4v) is 1.53. The van der Waals surface area contributed by atoms with E-state index < -0.39 is 6.43 Å². The first-order chi connectivity index (χ1) is 7.13. The van der Waals surface area contributed by atoms with Crippen molar-refractivity contribution in [1.82, 2.24) is 0 Å². The van der Waals surface area contributed by atoms with E-state index in [1.54, 1.807) is 13.2 Å². The highest BCUT2D eigenvalue weighted by molar-refractivity contribution is 9.10. The van der Waals surface area contributed by atoms with Crippen molar-refractivity contribution in [2.75, 3.05) is 20.3 Å². The minimum atomic E-state index is -2.49. The van der Waals surface area contributed by atoms with E-state index in [1.807, 2.05) is 0 Å². The molecule has 0 saturated heterocycles. The monoisotopic (exact) mass is 280 g/mol. The number of hydrogen-bond donors (Lipinski definition) is 0. The van der Waals surface area contributed by atoms with Crippen LogP contribution in [0, 0.1) is 0 Å². The summed E-state index contributed by atoms with van der Waals surface area (Å²) in [5, 5.41) is 0. The molecule has 0 radical (unpaired) electrons. The predicted octanol–water partition coefficient (Wildman–Crippen LogP) is 3.41. The van der Waals surface area contributed by atoms with Crippen molar-refractivity contribution in [3.8, 4) is 5.75 Å². The first-order valence-electron chi connectivity index (χ1n) is 4.34. The molecule has 0 aromatic heterocycles. The third kappa shape index (κ3) is 4.13. The molecule has 0 saturated carbocycles. The van der Waals surface area contributed by atoms with E-state index in [4.69, 9.17) is 9.47 Å². The quantitative estimate of drug-likeness (QED) is 0.770. The van der Waals surface area contributed by atoms with Gasteiger partial charge in [0.05, 0.1) is 6.61 Å². The average molecular weight is 281 g/mol. The zero-order valence-electron chi connectivity index (χ0n) is 8.17. The normalized spacial score (nSPS) is 10.7. The van der Waals surface area contributed by atoms with Gasteiger partial charge in [-0.25, -0.2) is 8.78 Å². The molecule has 0 aliphatic rings. The van der Waals surface area contributed by atoms with Crippen LogP contribution < -0.4 is 4.74 Å². The summed E-state index contributed by atoms with van der Waals surface area (Å²) in [6.07, 6.45) is -2.49. The van der Waals surface area contributed by atoms with Crippen LogP contribution in [0.2, 0.25) is 0 Å². The molecule has 1 rings (SSSR count). The Morgan fingerprint density at radius 1 is 1.27 bits per heavy atom. The van der Waals surface area contributed by atoms with Crippen molar-refractivity contribution in [1.29, 1.82) is 0 Å². The highest BCUT2D eigenvalue weighted by Gasteiger charge is 2.09. The zero-order valence-corrected chi connectivity index (χ0v) is 9.76. The van der Waals surface area contributed by atoms with Gasteiger partial charge in [-0.1, -0.05) is 15.9 Å². The Morgan fingerprint density at radius 2 is 2.00 bits per heavy atom. The maximum absolute atomic E-state index is 12.4. The second-order valence-electron chi connectivity index (χ2n) is 2.86. The Kier molecular flexibility index (Phi) is 4.98. The Balaban J connectivity index is 2.71. The van der Waals surface area contributed by atoms with Crippen LogP contribution in [0.1, 0.15) is 12.0 Å². The van der Waals surface area contributed by atoms with Crippen LogP contribution in [-0.4, -0.2) is 20.3 Å². The predicted molar refractivity (Wildman–Crippen MR) is 56.5 cm³/mol. The minimum Gasteiger partial charge on any atom is -0.491 e. The molecule has 0 aliphatic heterocycles. The fraction of sp³-hybridized carbons (Fsp3) is 0.400. The van der Waals surface area contributed by atoms with Gasteiger partial charge in [0.25, 0.3) is 6.43 Å². The molecule has 0 spiro atoms. The molecule has 0 fully saturated rings. The molecule has 1 aromatic rings. The van der Waals surface area contributed by atoms with Gasteiger partial charge < -0.3 is 9.47 Å². The van der Waals surface area contributed by atoms with E-state index in [9.17, 15) is 8.78 Å². The van der Waals surface area contributed by atoms with Crippen molar-refractivity contribution in [2.45, 2.75) is 6.43 Å². The van der Waals surface area contributed by atoms with Gasteiger partial charge in [-0.15, -0.1) is 0 Å². The van der Waals surface area contributed by atoms with Crippen LogP contribution in [-0.2, 0) is 4.74 Å². The summed E-state index contributed by atoms with van der Waals surface area (Å²) in [6.45, 7) is 0.770. The maximum Gasteiger partial charge on any atom is 0.264 e. The Hall–Kier alpha value is -0.680. The molecule has 15 heavy (non-hydrogen) atoms. The number of benzene rings is 1. The molecule has 0 amide bonds. The summed E-state index contributed by atoms with van der Waals surface area (Å²) in [6, 6.07) is 4.33. The molecule has 0 bridgehead atoms. The van der Waals surface area contributed by atoms with Crippen LogP contribution >= 0.6 is 15.9 Å². The Bertz CT molecular complexity index is 318. The summed E-state index contributed by atoms with van der Waals surface area (Å²) in [7, 11) is 1.55. The summed E-state index contributed by atoms with van der Waals surface area (Å²) >= 11 is 3.15. The molecule has 0 unspecified atom stereocenters. The molecular weight excluding hydrogens is 270 g/mol. The first-order valence-corrected chi connectivity index (χ1v) is 5.13. The lowest BCUT2D eigenvalue weighted by Gasteiger charge is -2.08. The maximum atomic E-state index is 12.4. The lowest BCUT2D eigenvalue weighted by atomic mass is 10.2. The SMILES string of the molecule is COCCOc1cc(Br)cc(C(F)F)c1. The second-order valence-corrected chi connectivity index (χ2v) is 3.78. The molecule has 84 valence electrons. The van der Waals surface area contributed by atoms with Crippen LogP contribution in [0.25, 0.3) is 0 Å². The second kappa shape index (κ2) is 6.02. The number of ether oxygens (including phenoxy) is 2. The lowest BCUT2D eigenvalue weighted by molar-refractivity contribution is 0.142. The lowest BCUT2D eigenvalue weighted by Crippen LogP contribution is -2.04. The number of rotatable bonds is 5. The van der Waals surface area contributed by atoms with E-state index in [0.717, 1.165) is 0 Å². The van der Waals surface area contributed by atoms with Gasteiger partial charge in [0.1, 0.15) is 12.4 Å². The van der Waals surface area contributed by atoms with Crippen molar-refractivity contribution < 1.29 is 18.3 Å². The highest BCUT2D eigenvalue weighted by Crippen LogP contribution is 2.27. The molecule has 0 atom stereocenters. The van der Waals surface area contributed by atoms with Crippen LogP contribution in [0.15, 0.2) is 22.7 Å². The molecular formula is C10H11BrF2O2. The summed E-state index contributed by atoms with van der Waals surface area (Å²) in [5.41, 5.74) is -0.0585. The van der Waals surface area contributed by atoms with Crippen LogP contribution in [0.5, 0.6) is 5.75 Å². The average Bonchev–Trinajstić information content (AvgIpc) is 2.17. The van der Waals surface area contributed by atoms with Crippen molar-refractivity contribution in [3.63, 3.8) is 0 Å². The van der Waals surface area contributed by atoms with Crippen LogP contribution in [0.4, 0.5) is 8.78 Å². The largest absolute Gasteiger partial charge is 0.491 e. The molecule has 5 heteroatoms. The van der Waals surface area contributed by atoms with E-state index in [2.05, 4.69) is 15.9 Å². The van der Waals surface area contributed by atoms with Gasteiger partial charge in [0, 0.05) is 17.1 Å². The summed E-state index contributed by atoms with van der Waals surface area (Å²) < 4.78 is 35.4. The van der Waals surface area contributed by atoms with Gasteiger partial charge in [-0.3, -0.25) is 0 Å². The highest BCUT2D eigenvalue weighted by atomic mass is 79.9. The topological polar surface area (TPSA) is 18.5 Å². The minimum absolute atomic E-state index is 0.0585. The van der Waals surface area contributed by atoms with E-state index in [0.29, 0.717) is 23.4 Å². The molecule has 0 heterocycles. The fourth-order valence-electron chi connectivity index (χ4n) is 1.04. The Labute approximate surface area is 95.3 Å². The van der Waals surface area contributed by atoms with Crippen molar-refractivity contribution in [3.05, 3.63) is 28.2 Å². The summed E-state index contributed by atoms with van der Waals surface area (Å²) in [5.74, 6) is 0.414. The van der Waals surface area contributed by atoms with E-state index in [1.165, 1.54) is 12.1 Å². The van der Waals surface area contributed by atoms with E-state index >= 15 is 0 Å². The molecule has 0 aliphatic carbocycles. The number of halogens is 3. The standard InChI is InChI=1S/C10H11BrF2O2/c1-14-2-3-15-9-5-7(10(12)13)4-8(11)6-9/h4-6,10H,2-3H2,1H3. The van der Waals surface area contributed by atoms with Gasteiger partial charge in [0.15, 0.2) is 0 Å². The molecule has 0 N–H and O–H groups in total. The number of methoxy groups -OCH3 is 1. The van der Waals surface area contributed by atoms with Gasteiger partial charge >= 0.3 is 0 Å². The molecule has 2 nitrogen and oxygen atoms in total. The third-order valence-electron chi connectivity index (χ3n) is 1.70. The Morgan fingerprint density at radius 3 is 2.60 bits per heavy atom. The van der Waals surface area contributed by atoms with E-state index in [-0.39, 0.29) is 5.56 Å².